The minimum Gasteiger partial charge on any atom is -0.389 e. The number of rotatable bonds is 11. The molecule has 0 aliphatic heterocycles. The van der Waals surface area contributed by atoms with Crippen LogP contribution in [-0.2, 0) is 0 Å². The number of nitrogens with zero attached hydrogens (tertiary/aromatic N) is 4. The third kappa shape index (κ3) is 12.9. The minimum absolute atomic E-state index is 0.430. The maximum Gasteiger partial charge on any atom is 0.0786 e. The van der Waals surface area contributed by atoms with Crippen molar-refractivity contribution < 1.29 is 0 Å². The molecule has 0 atom stereocenters. The van der Waals surface area contributed by atoms with Crippen molar-refractivity contribution in [2.75, 3.05) is 7.05 Å². The molecule has 0 saturated heterocycles. The molecule has 0 heterocycles. The van der Waals surface area contributed by atoms with Crippen LogP contribution in [0, 0.1) is 0 Å². The van der Waals surface area contributed by atoms with Crippen molar-refractivity contribution in [3.8, 4) is 0 Å². The summed E-state index contributed by atoms with van der Waals surface area (Å²) in [5, 5.41) is 18.6. The molecule has 0 rings (SSSR count). The average molecular weight is 335 g/mol. The SMILES string of the molecule is C=C(C)/C=C\C(=C)N=NC(=C)/C=C\C(=C)N=NC(=C)/C=C\C(=C)NC. The zero-order valence-electron chi connectivity index (χ0n) is 15.0. The number of hydrogen-bond acceptors (Lipinski definition) is 5. The molecule has 130 valence electrons. The topological polar surface area (TPSA) is 61.5 Å². The van der Waals surface area contributed by atoms with Crippen molar-refractivity contribution in [2.45, 2.75) is 6.92 Å². The molecule has 0 bridgehead atoms. The highest BCUT2D eigenvalue weighted by Gasteiger charge is 1.89. The Balaban J connectivity index is 4.52. The zero-order chi connectivity index (χ0) is 19.2. The molecule has 5 nitrogen and oxygen atoms in total. The van der Waals surface area contributed by atoms with Crippen LogP contribution in [0.1, 0.15) is 6.92 Å². The highest BCUT2D eigenvalue weighted by molar-refractivity contribution is 5.25. The van der Waals surface area contributed by atoms with Crippen molar-refractivity contribution in [3.63, 3.8) is 0 Å². The molecular weight excluding hydrogens is 310 g/mol. The first kappa shape index (κ1) is 21.7. The largest absolute Gasteiger partial charge is 0.389 e. The first-order valence-electron chi connectivity index (χ1n) is 7.40. The van der Waals surface area contributed by atoms with E-state index in [9.17, 15) is 0 Å². The fraction of sp³-hybridized carbons (Fsp3) is 0.100. The lowest BCUT2D eigenvalue weighted by atomic mass is 10.3. The van der Waals surface area contributed by atoms with E-state index in [-0.39, 0.29) is 0 Å². The van der Waals surface area contributed by atoms with E-state index in [1.165, 1.54) is 0 Å². The second kappa shape index (κ2) is 12.1. The van der Waals surface area contributed by atoms with Gasteiger partial charge in [-0.3, -0.25) is 0 Å². The molecule has 5 heteroatoms. The van der Waals surface area contributed by atoms with Gasteiger partial charge in [0, 0.05) is 12.7 Å². The Morgan fingerprint density at radius 1 is 0.600 bits per heavy atom. The summed E-state index contributed by atoms with van der Waals surface area (Å²) in [4.78, 5) is 0. The zero-order valence-corrected chi connectivity index (χ0v) is 15.0. The molecule has 0 spiro atoms. The fourth-order valence-corrected chi connectivity index (χ4v) is 1.10. The summed E-state index contributed by atoms with van der Waals surface area (Å²) in [5.74, 6) is 0. The number of nitrogens with one attached hydrogen (secondary N) is 1. The summed E-state index contributed by atoms with van der Waals surface area (Å²) in [6, 6.07) is 0. The van der Waals surface area contributed by atoms with E-state index in [0.29, 0.717) is 22.8 Å². The highest BCUT2D eigenvalue weighted by Crippen LogP contribution is 2.07. The predicted molar refractivity (Wildman–Crippen MR) is 107 cm³/mol. The third-order valence-corrected chi connectivity index (χ3v) is 2.44. The van der Waals surface area contributed by atoms with Crippen LogP contribution in [0.2, 0.25) is 0 Å². The summed E-state index contributed by atoms with van der Waals surface area (Å²) in [6.45, 7) is 24.4. The van der Waals surface area contributed by atoms with Gasteiger partial charge >= 0.3 is 0 Å². The van der Waals surface area contributed by atoms with Gasteiger partial charge in [0.2, 0.25) is 0 Å². The van der Waals surface area contributed by atoms with E-state index in [2.05, 4.69) is 65.2 Å². The lowest BCUT2D eigenvalue weighted by molar-refractivity contribution is 1.04. The molecule has 25 heavy (non-hydrogen) atoms. The van der Waals surface area contributed by atoms with Gasteiger partial charge in [-0.15, -0.1) is 0 Å². The Morgan fingerprint density at radius 3 is 1.24 bits per heavy atom. The van der Waals surface area contributed by atoms with E-state index < -0.39 is 0 Å². The molecule has 0 fully saturated rings. The van der Waals surface area contributed by atoms with Gasteiger partial charge in [-0.25, -0.2) is 0 Å². The highest BCUT2D eigenvalue weighted by atomic mass is 15.1. The Kier molecular flexibility index (Phi) is 10.5. The first-order chi connectivity index (χ1) is 11.7. The third-order valence-electron chi connectivity index (χ3n) is 2.44. The van der Waals surface area contributed by atoms with Gasteiger partial charge in [0.05, 0.1) is 22.8 Å². The Hall–Kier alpha value is -3.34. The molecule has 0 aromatic carbocycles. The van der Waals surface area contributed by atoms with E-state index in [1.807, 2.05) is 6.92 Å². The van der Waals surface area contributed by atoms with Gasteiger partial charge in [0.1, 0.15) is 0 Å². The van der Waals surface area contributed by atoms with Crippen molar-refractivity contribution in [1.29, 1.82) is 0 Å². The van der Waals surface area contributed by atoms with Crippen LogP contribution in [0.15, 0.2) is 130 Å². The van der Waals surface area contributed by atoms with E-state index >= 15 is 0 Å². The van der Waals surface area contributed by atoms with Crippen LogP contribution in [0.5, 0.6) is 0 Å². The summed E-state index contributed by atoms with van der Waals surface area (Å²) in [5.41, 5.74) is 3.50. The van der Waals surface area contributed by atoms with Crippen molar-refractivity contribution in [2.24, 2.45) is 20.5 Å². The van der Waals surface area contributed by atoms with Crippen molar-refractivity contribution in [1.82, 2.24) is 5.32 Å². The van der Waals surface area contributed by atoms with Gasteiger partial charge in [-0.05, 0) is 37.3 Å². The van der Waals surface area contributed by atoms with Gasteiger partial charge in [-0.1, -0.05) is 51.1 Å². The van der Waals surface area contributed by atoms with Gasteiger partial charge < -0.3 is 5.32 Å². The second-order valence-corrected chi connectivity index (χ2v) is 4.99. The van der Waals surface area contributed by atoms with E-state index in [1.54, 1.807) is 43.5 Å². The predicted octanol–water partition coefficient (Wildman–Crippen LogP) is 5.92. The average Bonchev–Trinajstić information content (AvgIpc) is 2.58. The number of allylic oxidation sites excluding steroid dienone is 7. The van der Waals surface area contributed by atoms with E-state index in [4.69, 9.17) is 0 Å². The Bertz CT molecular complexity index is 712. The molecule has 0 unspecified atom stereocenters. The molecule has 1 N–H and O–H groups in total. The van der Waals surface area contributed by atoms with Gasteiger partial charge in [0.15, 0.2) is 0 Å². The summed E-state index contributed by atoms with van der Waals surface area (Å²) >= 11 is 0. The van der Waals surface area contributed by atoms with Crippen LogP contribution in [0.4, 0.5) is 0 Å². The molecule has 0 aromatic rings. The fourth-order valence-electron chi connectivity index (χ4n) is 1.10. The van der Waals surface area contributed by atoms with Crippen LogP contribution < -0.4 is 5.32 Å². The van der Waals surface area contributed by atoms with Crippen LogP contribution in [-0.4, -0.2) is 7.05 Å². The maximum absolute atomic E-state index is 3.93. The minimum atomic E-state index is 0.430. The molecule has 0 aromatic heterocycles. The Morgan fingerprint density at radius 2 is 0.920 bits per heavy atom. The molecular formula is C20H25N5. The Labute approximate surface area is 150 Å². The quantitative estimate of drug-likeness (QED) is 0.369. The smallest absolute Gasteiger partial charge is 0.0786 e. The maximum atomic E-state index is 3.93. The lowest BCUT2D eigenvalue weighted by Gasteiger charge is -1.95. The standard InChI is InChI=1S/C20H25N5/c1-15(2)9-10-17(4)22-24-19(6)13-14-20(7)25-23-18(5)12-11-16(3)21-8/h9-14,21H,1,3-7H2,2,8H3/b10-9-,12-11-,14-13-,24-22?,25-23?. The molecule has 0 radical (unpaired) electrons. The van der Waals surface area contributed by atoms with Gasteiger partial charge in [-0.2, -0.15) is 20.5 Å². The normalized spacial score (nSPS) is 11.8. The molecule has 0 aliphatic rings. The lowest BCUT2D eigenvalue weighted by Crippen LogP contribution is -2.00. The van der Waals surface area contributed by atoms with Crippen LogP contribution in [0.3, 0.4) is 0 Å². The first-order valence-corrected chi connectivity index (χ1v) is 7.40. The molecule has 0 aliphatic carbocycles. The summed E-state index contributed by atoms with van der Waals surface area (Å²) < 4.78 is 0. The molecule has 0 saturated carbocycles. The number of likely N-dealkylation sites (N-methyl/N-ethyl adjacent to an activating group) is 1. The molecule has 0 amide bonds. The van der Waals surface area contributed by atoms with Gasteiger partial charge in [0.25, 0.3) is 0 Å². The monoisotopic (exact) mass is 335 g/mol. The summed E-state index contributed by atoms with van der Waals surface area (Å²) in [6.07, 6.45) is 10.2. The summed E-state index contributed by atoms with van der Waals surface area (Å²) in [7, 11) is 1.78. The second-order valence-electron chi connectivity index (χ2n) is 4.99. The van der Waals surface area contributed by atoms with Crippen LogP contribution >= 0.6 is 0 Å². The number of azo groups is 2. The van der Waals surface area contributed by atoms with Crippen molar-refractivity contribution in [3.05, 3.63) is 110 Å². The van der Waals surface area contributed by atoms with Crippen molar-refractivity contribution >= 4 is 0 Å². The van der Waals surface area contributed by atoms with E-state index in [0.717, 1.165) is 11.3 Å². The number of hydrogen-bond donors (Lipinski definition) is 1. The van der Waals surface area contributed by atoms with Crippen LogP contribution in [0.25, 0.3) is 0 Å².